The van der Waals surface area contributed by atoms with Crippen LogP contribution in [-0.4, -0.2) is 32.9 Å². The maximum Gasteiger partial charge on any atom is 0.416 e. The lowest BCUT2D eigenvalue weighted by Crippen LogP contribution is -2.35. The second kappa shape index (κ2) is 8.11. The van der Waals surface area contributed by atoms with Gasteiger partial charge in [0.2, 0.25) is 0 Å². The highest BCUT2D eigenvalue weighted by Crippen LogP contribution is 2.30. The molecule has 0 amide bonds. The van der Waals surface area contributed by atoms with E-state index in [1.807, 2.05) is 0 Å². The van der Waals surface area contributed by atoms with E-state index in [9.17, 15) is 13.2 Å². The highest BCUT2D eigenvalue weighted by atomic mass is 19.4. The number of rotatable bonds is 8. The number of benzene rings is 1. The van der Waals surface area contributed by atoms with Gasteiger partial charge in [-0.3, -0.25) is 0 Å². The Morgan fingerprint density at radius 2 is 1.85 bits per heavy atom. The molecular formula is C14H20F3NO2. The van der Waals surface area contributed by atoms with E-state index in [4.69, 9.17) is 9.47 Å². The number of hydrogen-bond acceptors (Lipinski definition) is 3. The first-order chi connectivity index (χ1) is 9.47. The molecule has 0 aliphatic carbocycles. The molecule has 0 saturated carbocycles. The molecule has 0 spiro atoms. The third-order valence-corrected chi connectivity index (χ3v) is 2.64. The van der Waals surface area contributed by atoms with Gasteiger partial charge in [-0.05, 0) is 37.2 Å². The zero-order valence-electron chi connectivity index (χ0n) is 11.7. The zero-order valence-corrected chi connectivity index (χ0v) is 11.7. The van der Waals surface area contributed by atoms with Crippen molar-refractivity contribution in [3.05, 3.63) is 29.8 Å². The third-order valence-electron chi connectivity index (χ3n) is 2.64. The van der Waals surface area contributed by atoms with Gasteiger partial charge < -0.3 is 14.8 Å². The van der Waals surface area contributed by atoms with Crippen molar-refractivity contribution in [3.8, 4) is 5.75 Å². The van der Waals surface area contributed by atoms with Crippen LogP contribution in [0.4, 0.5) is 13.2 Å². The Morgan fingerprint density at radius 3 is 2.35 bits per heavy atom. The molecule has 114 valence electrons. The topological polar surface area (TPSA) is 30.5 Å². The van der Waals surface area contributed by atoms with Crippen LogP contribution in [0.5, 0.6) is 5.75 Å². The summed E-state index contributed by atoms with van der Waals surface area (Å²) >= 11 is 0. The molecule has 1 unspecified atom stereocenters. The van der Waals surface area contributed by atoms with Gasteiger partial charge in [0.25, 0.3) is 0 Å². The molecule has 0 radical (unpaired) electrons. The Hall–Kier alpha value is -1.27. The monoisotopic (exact) mass is 291 g/mol. The minimum atomic E-state index is -4.33. The highest BCUT2D eigenvalue weighted by Gasteiger charge is 2.30. The van der Waals surface area contributed by atoms with Crippen LogP contribution in [0, 0.1) is 0 Å². The maximum absolute atomic E-state index is 12.4. The van der Waals surface area contributed by atoms with E-state index in [2.05, 4.69) is 12.2 Å². The van der Waals surface area contributed by atoms with E-state index in [0.717, 1.165) is 25.1 Å². The fourth-order valence-electron chi connectivity index (χ4n) is 1.68. The van der Waals surface area contributed by atoms with Gasteiger partial charge in [0, 0.05) is 13.7 Å². The molecule has 3 nitrogen and oxygen atoms in total. The fraction of sp³-hybridized carbons (Fsp3) is 0.571. The summed E-state index contributed by atoms with van der Waals surface area (Å²) < 4.78 is 48.0. The molecule has 1 N–H and O–H groups in total. The summed E-state index contributed by atoms with van der Waals surface area (Å²) in [6.07, 6.45) is -3.56. The second-order valence-electron chi connectivity index (χ2n) is 4.42. The van der Waals surface area contributed by atoms with E-state index >= 15 is 0 Å². The minimum Gasteiger partial charge on any atom is -0.487 e. The lowest BCUT2D eigenvalue weighted by Gasteiger charge is -2.19. The molecule has 1 aromatic carbocycles. The van der Waals surface area contributed by atoms with Crippen LogP contribution in [0.15, 0.2) is 24.3 Å². The summed E-state index contributed by atoms with van der Waals surface area (Å²) in [5.74, 6) is 0.401. The van der Waals surface area contributed by atoms with Gasteiger partial charge in [0.1, 0.15) is 11.9 Å². The Bertz CT molecular complexity index is 379. The van der Waals surface area contributed by atoms with Crippen LogP contribution >= 0.6 is 0 Å². The van der Waals surface area contributed by atoms with E-state index in [1.54, 1.807) is 7.11 Å². The largest absolute Gasteiger partial charge is 0.487 e. The van der Waals surface area contributed by atoms with Crippen molar-refractivity contribution >= 4 is 0 Å². The summed E-state index contributed by atoms with van der Waals surface area (Å²) in [5.41, 5.74) is -0.683. The summed E-state index contributed by atoms with van der Waals surface area (Å²) in [7, 11) is 1.56. The van der Waals surface area contributed by atoms with E-state index in [0.29, 0.717) is 18.9 Å². The molecule has 0 aliphatic heterocycles. The standard InChI is InChI=1S/C14H20F3NO2/c1-3-8-18-9-13(10-19-2)20-12-6-4-11(5-7-12)14(15,16)17/h4-7,13,18H,3,8-10H2,1-2H3. The van der Waals surface area contributed by atoms with Gasteiger partial charge in [0.15, 0.2) is 0 Å². The SMILES string of the molecule is CCCNCC(COC)Oc1ccc(C(F)(F)F)cc1. The lowest BCUT2D eigenvalue weighted by molar-refractivity contribution is -0.137. The molecular weight excluding hydrogens is 271 g/mol. The Morgan fingerprint density at radius 1 is 1.20 bits per heavy atom. The van der Waals surface area contributed by atoms with Gasteiger partial charge in [-0.1, -0.05) is 6.92 Å². The first-order valence-corrected chi connectivity index (χ1v) is 6.51. The Kier molecular flexibility index (Phi) is 6.81. The molecule has 1 aromatic rings. The van der Waals surface area contributed by atoms with Crippen LogP contribution in [0.1, 0.15) is 18.9 Å². The summed E-state index contributed by atoms with van der Waals surface area (Å²) in [6.45, 7) is 3.87. The number of methoxy groups -OCH3 is 1. The van der Waals surface area contributed by atoms with Crippen molar-refractivity contribution in [2.24, 2.45) is 0 Å². The first-order valence-electron chi connectivity index (χ1n) is 6.51. The Labute approximate surface area is 117 Å². The first kappa shape index (κ1) is 16.8. The molecule has 1 rings (SSSR count). The number of halogens is 3. The van der Waals surface area contributed by atoms with Crippen LogP contribution in [0.3, 0.4) is 0 Å². The maximum atomic E-state index is 12.4. The second-order valence-corrected chi connectivity index (χ2v) is 4.42. The number of ether oxygens (including phenoxy) is 2. The lowest BCUT2D eigenvalue weighted by atomic mass is 10.2. The smallest absolute Gasteiger partial charge is 0.416 e. The average Bonchev–Trinajstić information content (AvgIpc) is 2.39. The van der Waals surface area contributed by atoms with Crippen LogP contribution in [0.2, 0.25) is 0 Å². The van der Waals surface area contributed by atoms with E-state index in [1.165, 1.54) is 12.1 Å². The molecule has 0 saturated heterocycles. The summed E-state index contributed by atoms with van der Waals surface area (Å²) in [5, 5.41) is 3.19. The van der Waals surface area contributed by atoms with Crippen LogP contribution in [-0.2, 0) is 10.9 Å². The molecule has 0 bridgehead atoms. The molecule has 1 atom stereocenters. The molecule has 0 fully saturated rings. The minimum absolute atomic E-state index is 0.233. The molecule has 0 aromatic heterocycles. The molecule has 0 aliphatic rings. The van der Waals surface area contributed by atoms with Crippen molar-refractivity contribution in [1.82, 2.24) is 5.32 Å². The number of nitrogens with one attached hydrogen (secondary N) is 1. The van der Waals surface area contributed by atoms with Crippen molar-refractivity contribution in [2.75, 3.05) is 26.8 Å². The van der Waals surface area contributed by atoms with Gasteiger partial charge in [-0.25, -0.2) is 0 Å². The third kappa shape index (κ3) is 5.79. The Balaban J connectivity index is 2.59. The predicted octanol–water partition coefficient (Wildman–Crippen LogP) is 3.10. The van der Waals surface area contributed by atoms with Gasteiger partial charge >= 0.3 is 6.18 Å². The molecule has 6 heteroatoms. The number of hydrogen-bond donors (Lipinski definition) is 1. The normalized spacial score (nSPS) is 13.2. The van der Waals surface area contributed by atoms with Crippen LogP contribution in [0.25, 0.3) is 0 Å². The van der Waals surface area contributed by atoms with Gasteiger partial charge in [0.05, 0.1) is 12.2 Å². The fourth-order valence-corrected chi connectivity index (χ4v) is 1.68. The average molecular weight is 291 g/mol. The zero-order chi connectivity index (χ0) is 15.0. The summed E-state index contributed by atoms with van der Waals surface area (Å²) in [4.78, 5) is 0. The van der Waals surface area contributed by atoms with Gasteiger partial charge in [-0.15, -0.1) is 0 Å². The van der Waals surface area contributed by atoms with Crippen molar-refractivity contribution in [3.63, 3.8) is 0 Å². The van der Waals surface area contributed by atoms with Gasteiger partial charge in [-0.2, -0.15) is 13.2 Å². The number of alkyl halides is 3. The molecule has 0 heterocycles. The van der Waals surface area contributed by atoms with E-state index < -0.39 is 11.7 Å². The van der Waals surface area contributed by atoms with Crippen LogP contribution < -0.4 is 10.1 Å². The van der Waals surface area contributed by atoms with Crippen molar-refractivity contribution in [2.45, 2.75) is 25.6 Å². The van der Waals surface area contributed by atoms with Crippen molar-refractivity contribution in [1.29, 1.82) is 0 Å². The summed E-state index contributed by atoms with van der Waals surface area (Å²) in [6, 6.07) is 4.67. The van der Waals surface area contributed by atoms with E-state index in [-0.39, 0.29) is 6.10 Å². The molecule has 20 heavy (non-hydrogen) atoms. The predicted molar refractivity (Wildman–Crippen MR) is 70.9 cm³/mol. The van der Waals surface area contributed by atoms with Crippen molar-refractivity contribution < 1.29 is 22.6 Å². The quantitative estimate of drug-likeness (QED) is 0.747. The highest BCUT2D eigenvalue weighted by molar-refractivity contribution is 5.29.